The van der Waals surface area contributed by atoms with Crippen molar-refractivity contribution in [2.45, 2.75) is 19.1 Å². The number of hydrogen-bond donors (Lipinski definition) is 1. The van der Waals surface area contributed by atoms with Crippen LogP contribution in [-0.4, -0.2) is 49.5 Å². The number of nitrogens with zero attached hydrogens (tertiary/aromatic N) is 1. The van der Waals surface area contributed by atoms with Crippen molar-refractivity contribution in [3.63, 3.8) is 0 Å². The van der Waals surface area contributed by atoms with Gasteiger partial charge in [0.1, 0.15) is 24.3 Å². The fourth-order valence-corrected chi connectivity index (χ4v) is 2.09. The predicted molar refractivity (Wildman–Crippen MR) is 69.8 cm³/mol. The van der Waals surface area contributed by atoms with E-state index in [1.54, 1.807) is 12.1 Å². The minimum absolute atomic E-state index is 0.0123. The molecule has 1 aliphatic heterocycles. The monoisotopic (exact) mass is 269 g/mol. The van der Waals surface area contributed by atoms with Gasteiger partial charge in [-0.05, 0) is 26.1 Å². The van der Waals surface area contributed by atoms with Crippen LogP contribution in [0.1, 0.15) is 18.6 Å². The minimum Gasteiger partial charge on any atom is -0.491 e. The summed E-state index contributed by atoms with van der Waals surface area (Å²) < 4.78 is 24.7. The van der Waals surface area contributed by atoms with Gasteiger partial charge in [-0.25, -0.2) is 4.39 Å². The van der Waals surface area contributed by atoms with Gasteiger partial charge in [0.2, 0.25) is 0 Å². The lowest BCUT2D eigenvalue weighted by molar-refractivity contribution is -0.0404. The fourth-order valence-electron chi connectivity index (χ4n) is 2.09. The van der Waals surface area contributed by atoms with Gasteiger partial charge < -0.3 is 19.5 Å². The Morgan fingerprint density at radius 1 is 1.58 bits per heavy atom. The first-order valence-electron chi connectivity index (χ1n) is 6.46. The van der Waals surface area contributed by atoms with Crippen molar-refractivity contribution in [3.05, 3.63) is 29.6 Å². The normalized spacial score (nSPS) is 22.2. The molecule has 0 radical (unpaired) electrons. The zero-order valence-electron chi connectivity index (χ0n) is 11.3. The van der Waals surface area contributed by atoms with E-state index in [9.17, 15) is 9.50 Å². The molecule has 2 unspecified atom stereocenters. The first kappa shape index (κ1) is 14.2. The molecule has 19 heavy (non-hydrogen) atoms. The molecule has 0 amide bonds. The first-order chi connectivity index (χ1) is 9.06. The highest BCUT2D eigenvalue weighted by Gasteiger charge is 2.18. The lowest BCUT2D eigenvalue weighted by Gasteiger charge is -2.29. The van der Waals surface area contributed by atoms with Crippen LogP contribution in [0.5, 0.6) is 5.75 Å². The van der Waals surface area contributed by atoms with Crippen molar-refractivity contribution in [1.29, 1.82) is 0 Å². The molecule has 0 spiro atoms. The number of hydrogen-bond acceptors (Lipinski definition) is 4. The molecule has 1 heterocycles. The largest absolute Gasteiger partial charge is 0.491 e. The van der Waals surface area contributed by atoms with Crippen molar-refractivity contribution < 1.29 is 19.0 Å². The van der Waals surface area contributed by atoms with E-state index < -0.39 is 11.9 Å². The average Bonchev–Trinajstić information content (AvgIpc) is 2.36. The highest BCUT2D eigenvalue weighted by Crippen LogP contribution is 2.22. The Kier molecular flexibility index (Phi) is 4.74. The van der Waals surface area contributed by atoms with Gasteiger partial charge >= 0.3 is 0 Å². The molecule has 5 heteroatoms. The molecule has 4 nitrogen and oxygen atoms in total. The van der Waals surface area contributed by atoms with Gasteiger partial charge in [0.25, 0.3) is 0 Å². The summed E-state index contributed by atoms with van der Waals surface area (Å²) in [5, 5.41) is 9.35. The summed E-state index contributed by atoms with van der Waals surface area (Å²) >= 11 is 0. The van der Waals surface area contributed by atoms with E-state index in [-0.39, 0.29) is 11.7 Å². The topological polar surface area (TPSA) is 41.9 Å². The van der Waals surface area contributed by atoms with Crippen LogP contribution >= 0.6 is 0 Å². The van der Waals surface area contributed by atoms with E-state index in [2.05, 4.69) is 4.90 Å². The van der Waals surface area contributed by atoms with Gasteiger partial charge in [-0.1, -0.05) is 0 Å². The third-order valence-corrected chi connectivity index (χ3v) is 3.20. The third-order valence-electron chi connectivity index (χ3n) is 3.20. The SMILES string of the molecule is CC(O)c1ccc(OCC2CN(C)CCO2)cc1F. The van der Waals surface area contributed by atoms with Crippen LogP contribution in [0.4, 0.5) is 4.39 Å². The van der Waals surface area contributed by atoms with Gasteiger partial charge in [-0.3, -0.25) is 0 Å². The Labute approximate surface area is 112 Å². The molecule has 1 saturated heterocycles. The van der Waals surface area contributed by atoms with Crippen LogP contribution in [-0.2, 0) is 4.74 Å². The van der Waals surface area contributed by atoms with Gasteiger partial charge in [-0.2, -0.15) is 0 Å². The number of halogens is 1. The van der Waals surface area contributed by atoms with Gasteiger partial charge in [0, 0.05) is 24.7 Å². The number of aliphatic hydroxyl groups excluding tert-OH is 1. The third kappa shape index (κ3) is 3.89. The number of ether oxygens (including phenoxy) is 2. The molecular formula is C14H20FNO3. The van der Waals surface area contributed by atoms with E-state index in [1.165, 1.54) is 13.0 Å². The number of morpholine rings is 1. The van der Waals surface area contributed by atoms with E-state index in [1.807, 2.05) is 7.05 Å². The Morgan fingerprint density at radius 3 is 3.00 bits per heavy atom. The van der Waals surface area contributed by atoms with E-state index in [0.717, 1.165) is 13.1 Å². The number of rotatable bonds is 4. The second-order valence-electron chi connectivity index (χ2n) is 4.93. The second kappa shape index (κ2) is 6.32. The predicted octanol–water partition coefficient (Wildman–Crippen LogP) is 1.59. The average molecular weight is 269 g/mol. The van der Waals surface area contributed by atoms with Crippen LogP contribution in [0.2, 0.25) is 0 Å². The Morgan fingerprint density at radius 2 is 2.37 bits per heavy atom. The molecule has 1 N–H and O–H groups in total. The second-order valence-corrected chi connectivity index (χ2v) is 4.93. The Bertz CT molecular complexity index is 425. The molecule has 1 fully saturated rings. The molecule has 106 valence electrons. The molecule has 0 bridgehead atoms. The molecule has 0 aromatic heterocycles. The van der Waals surface area contributed by atoms with E-state index in [4.69, 9.17) is 9.47 Å². The maximum Gasteiger partial charge on any atom is 0.132 e. The molecule has 1 aliphatic rings. The lowest BCUT2D eigenvalue weighted by atomic mass is 10.1. The molecule has 1 aromatic rings. The first-order valence-corrected chi connectivity index (χ1v) is 6.46. The zero-order chi connectivity index (χ0) is 13.8. The Hall–Kier alpha value is -1.17. The smallest absolute Gasteiger partial charge is 0.132 e. The highest BCUT2D eigenvalue weighted by molar-refractivity contribution is 5.30. The van der Waals surface area contributed by atoms with Gasteiger partial charge in [0.15, 0.2) is 0 Å². The number of benzene rings is 1. The van der Waals surface area contributed by atoms with Crippen molar-refractivity contribution in [2.24, 2.45) is 0 Å². The summed E-state index contributed by atoms with van der Waals surface area (Å²) in [7, 11) is 2.03. The van der Waals surface area contributed by atoms with Crippen molar-refractivity contribution >= 4 is 0 Å². The van der Waals surface area contributed by atoms with Gasteiger partial charge in [0.05, 0.1) is 12.7 Å². The Balaban J connectivity index is 1.91. The summed E-state index contributed by atoms with van der Waals surface area (Å²) in [6.07, 6.45) is -0.803. The van der Waals surface area contributed by atoms with Crippen molar-refractivity contribution in [1.82, 2.24) is 4.90 Å². The highest BCUT2D eigenvalue weighted by atomic mass is 19.1. The minimum atomic E-state index is -0.815. The molecule has 2 rings (SSSR count). The molecule has 2 atom stereocenters. The van der Waals surface area contributed by atoms with E-state index in [0.29, 0.717) is 19.0 Å². The summed E-state index contributed by atoms with van der Waals surface area (Å²) in [4.78, 5) is 2.18. The van der Waals surface area contributed by atoms with Crippen molar-refractivity contribution in [2.75, 3.05) is 33.4 Å². The summed E-state index contributed by atoms with van der Waals surface area (Å²) in [5.74, 6) is 0.00732. The van der Waals surface area contributed by atoms with E-state index >= 15 is 0 Å². The van der Waals surface area contributed by atoms with Crippen molar-refractivity contribution in [3.8, 4) is 5.75 Å². The number of aliphatic hydroxyl groups is 1. The standard InChI is InChI=1S/C14H20FNO3/c1-10(17)13-4-3-11(7-14(13)15)19-9-12-8-16(2)5-6-18-12/h3-4,7,10,12,17H,5-6,8-9H2,1-2H3. The maximum atomic E-state index is 13.6. The van der Waals surface area contributed by atoms with Crippen LogP contribution in [0.3, 0.4) is 0 Å². The van der Waals surface area contributed by atoms with Crippen LogP contribution < -0.4 is 4.74 Å². The molecule has 0 aliphatic carbocycles. The summed E-state index contributed by atoms with van der Waals surface area (Å²) in [5.41, 5.74) is 0.279. The molecular weight excluding hydrogens is 249 g/mol. The van der Waals surface area contributed by atoms with Crippen LogP contribution in [0.15, 0.2) is 18.2 Å². The zero-order valence-corrected chi connectivity index (χ0v) is 11.3. The van der Waals surface area contributed by atoms with Crippen LogP contribution in [0, 0.1) is 5.82 Å². The summed E-state index contributed by atoms with van der Waals surface area (Å²) in [6, 6.07) is 4.51. The maximum absolute atomic E-state index is 13.6. The summed E-state index contributed by atoms with van der Waals surface area (Å²) in [6.45, 7) is 4.37. The molecule has 1 aromatic carbocycles. The fraction of sp³-hybridized carbons (Fsp3) is 0.571. The molecule has 0 saturated carbocycles. The lowest BCUT2D eigenvalue weighted by Crippen LogP contribution is -2.42. The van der Waals surface area contributed by atoms with Crippen LogP contribution in [0.25, 0.3) is 0 Å². The van der Waals surface area contributed by atoms with Gasteiger partial charge in [-0.15, -0.1) is 0 Å². The number of likely N-dealkylation sites (N-methyl/N-ethyl adjacent to an activating group) is 1. The quantitative estimate of drug-likeness (QED) is 0.901.